The van der Waals surface area contributed by atoms with Crippen LogP contribution in [0.15, 0.2) is 24.6 Å². The van der Waals surface area contributed by atoms with Gasteiger partial charge in [0.25, 0.3) is 11.8 Å². The standard InChI is InChI=1S/C21H34N4O6.C19H31N3O5.C17H31N3O4.C15H28N2O3/c1-15-8-11-20(29)25(15)31-21(30)12-14-23-19(28)10-9-18(27)17(24(3)4)7-5-6-13-22-16(2)26;1-14-11-12-18(25)22(14)27-19(26)10-7-9-17(24)16(21(3)4)8-5-6-13-20-15(2)23;1-13(21)10-12-19-17(24)9-8-16(23)15(20(3)4)7-5-6-11-18-14(2)22;1-12(18)8-7-10-15(20)14(17(3)4)9-5-6-11-16-13(2)19/h17H,1,5-14H2,2-4H3,(H,22,26)(H,23,28);16H,1,5-13H2,2-4H3,(H,20,23);15H,5-12H2,1-4H3,(H,18,22)(H,19,24);14H,5-11H2,1-4H3,(H,16,19). The largest absolute Gasteiger partial charge is 0.356 e. The maximum Gasteiger partial charge on any atom is 0.334 e. The number of carbonyl (C=O) groups is 16. The molecule has 2 aliphatic rings. The van der Waals surface area contributed by atoms with Gasteiger partial charge in [-0.25, -0.2) is 9.59 Å². The first-order valence-electron chi connectivity index (χ1n) is 35.6. The number of nitrogens with one attached hydrogen (secondary N) is 6. The topological polar surface area (TPSA) is 383 Å². The van der Waals surface area contributed by atoms with Crippen molar-refractivity contribution in [3.63, 3.8) is 0 Å². The van der Waals surface area contributed by atoms with Crippen molar-refractivity contribution in [2.75, 3.05) is 95.6 Å². The first-order valence-corrected chi connectivity index (χ1v) is 35.6. The fourth-order valence-electron chi connectivity index (χ4n) is 10.4. The fourth-order valence-corrected chi connectivity index (χ4v) is 10.4. The van der Waals surface area contributed by atoms with Crippen LogP contribution in [-0.2, 0) is 86.4 Å². The van der Waals surface area contributed by atoms with Crippen LogP contribution >= 0.6 is 0 Å². The molecule has 2 heterocycles. The monoisotopic (exact) mass is 1440 g/mol. The number of carbonyl (C=O) groups excluding carboxylic acids is 16. The molecular weight excluding hydrogens is 1320 g/mol. The third-order valence-electron chi connectivity index (χ3n) is 16.2. The quantitative estimate of drug-likeness (QED) is 0.0458. The molecule has 0 spiro atoms. The number of hydrogen-bond donors (Lipinski definition) is 6. The molecular formula is C72H124N12O18. The number of ketones is 6. The number of hydrogen-bond acceptors (Lipinski definition) is 22. The van der Waals surface area contributed by atoms with Gasteiger partial charge in [0, 0.05) is 138 Å². The maximum atomic E-state index is 12.5. The number of unbranched alkanes of at least 4 members (excludes halogenated alkanes) is 4. The van der Waals surface area contributed by atoms with Gasteiger partial charge < -0.3 is 46.4 Å². The second-order valence-electron chi connectivity index (χ2n) is 26.4. The molecule has 0 aromatic carbocycles. The highest BCUT2D eigenvalue weighted by Gasteiger charge is 2.30. The smallest absolute Gasteiger partial charge is 0.334 e. The van der Waals surface area contributed by atoms with Crippen molar-refractivity contribution in [1.82, 2.24) is 61.6 Å². The Morgan fingerprint density at radius 1 is 0.333 bits per heavy atom. The molecule has 580 valence electrons. The average molecular weight is 1450 g/mol. The van der Waals surface area contributed by atoms with E-state index in [-0.39, 0.29) is 164 Å². The van der Waals surface area contributed by atoms with E-state index in [0.717, 1.165) is 67.9 Å². The van der Waals surface area contributed by atoms with Crippen LogP contribution < -0.4 is 31.9 Å². The van der Waals surface area contributed by atoms with Crippen LogP contribution in [0, 0.1) is 0 Å². The first kappa shape index (κ1) is 96.1. The van der Waals surface area contributed by atoms with Crippen molar-refractivity contribution < 1.29 is 86.4 Å². The summed E-state index contributed by atoms with van der Waals surface area (Å²) in [6, 6.07) is -0.795. The molecule has 6 N–H and O–H groups in total. The van der Waals surface area contributed by atoms with Crippen LogP contribution in [-0.4, -0.2) is 243 Å². The number of hydroxylamine groups is 4. The summed E-state index contributed by atoms with van der Waals surface area (Å²) in [6.07, 6.45) is 14.1. The van der Waals surface area contributed by atoms with Crippen LogP contribution in [0.1, 0.15) is 221 Å². The van der Waals surface area contributed by atoms with Gasteiger partial charge in [0.2, 0.25) is 35.4 Å². The molecule has 4 unspecified atom stereocenters. The van der Waals surface area contributed by atoms with E-state index in [1.54, 1.807) is 6.92 Å². The fraction of sp³-hybridized carbons (Fsp3) is 0.722. The van der Waals surface area contributed by atoms with Gasteiger partial charge in [0.1, 0.15) is 34.7 Å². The second-order valence-corrected chi connectivity index (χ2v) is 26.4. The third kappa shape index (κ3) is 49.6. The molecule has 0 bridgehead atoms. The number of nitrogens with zero attached hydrogens (tertiary/aromatic N) is 6. The predicted molar refractivity (Wildman–Crippen MR) is 385 cm³/mol. The molecule has 2 saturated heterocycles. The molecule has 2 rings (SSSR count). The van der Waals surface area contributed by atoms with Gasteiger partial charge in [-0.05, 0) is 173 Å². The molecule has 2 fully saturated rings. The molecule has 0 aromatic heterocycles. The highest BCUT2D eigenvalue weighted by Crippen LogP contribution is 2.23. The van der Waals surface area contributed by atoms with Crippen LogP contribution in [0.2, 0.25) is 0 Å². The van der Waals surface area contributed by atoms with Crippen LogP contribution in [0.4, 0.5) is 0 Å². The second kappa shape index (κ2) is 56.6. The minimum absolute atomic E-state index is 0.0190. The summed E-state index contributed by atoms with van der Waals surface area (Å²) < 4.78 is 0. The van der Waals surface area contributed by atoms with E-state index < -0.39 is 11.9 Å². The molecule has 30 nitrogen and oxygen atoms in total. The van der Waals surface area contributed by atoms with E-state index in [1.807, 2.05) is 76.0 Å². The molecule has 4 atom stereocenters. The van der Waals surface area contributed by atoms with Gasteiger partial charge in [0.15, 0.2) is 0 Å². The Labute approximate surface area is 605 Å². The summed E-state index contributed by atoms with van der Waals surface area (Å²) in [6.45, 7) is 19.1. The van der Waals surface area contributed by atoms with E-state index in [4.69, 9.17) is 9.68 Å². The maximum absolute atomic E-state index is 12.5. The normalized spacial score (nSPS) is 13.6. The minimum Gasteiger partial charge on any atom is -0.356 e. The van der Waals surface area contributed by atoms with Gasteiger partial charge in [-0.1, -0.05) is 13.2 Å². The Hall–Kier alpha value is -7.96. The van der Waals surface area contributed by atoms with E-state index in [0.29, 0.717) is 115 Å². The minimum atomic E-state index is -0.639. The molecule has 2 aliphatic heterocycles. The number of Topliss-reactive ketones (excluding diaryl/α,β-unsaturated/α-hetero) is 6. The highest BCUT2D eigenvalue weighted by molar-refractivity contribution is 5.90. The zero-order valence-corrected chi connectivity index (χ0v) is 63.8. The van der Waals surface area contributed by atoms with Gasteiger partial charge in [-0.2, -0.15) is 0 Å². The number of amides is 8. The molecule has 0 saturated carbocycles. The Balaban J connectivity index is 0. The van der Waals surface area contributed by atoms with Crippen LogP contribution in [0.3, 0.4) is 0 Å². The van der Waals surface area contributed by atoms with E-state index in [2.05, 4.69) is 45.1 Å². The summed E-state index contributed by atoms with van der Waals surface area (Å²) in [5.41, 5.74) is 0.919. The highest BCUT2D eigenvalue weighted by atomic mass is 16.7. The molecule has 0 aliphatic carbocycles. The van der Waals surface area contributed by atoms with Gasteiger partial charge in [-0.15, -0.1) is 10.1 Å². The van der Waals surface area contributed by atoms with Gasteiger partial charge >= 0.3 is 11.9 Å². The van der Waals surface area contributed by atoms with Crippen molar-refractivity contribution >= 4 is 93.9 Å². The Morgan fingerprint density at radius 2 is 0.608 bits per heavy atom. The molecule has 0 aromatic rings. The van der Waals surface area contributed by atoms with Gasteiger partial charge in [0.05, 0.1) is 42.0 Å². The molecule has 0 radical (unpaired) electrons. The lowest BCUT2D eigenvalue weighted by molar-refractivity contribution is -0.186. The molecule has 102 heavy (non-hydrogen) atoms. The summed E-state index contributed by atoms with van der Waals surface area (Å²) in [5, 5.41) is 18.0. The SMILES string of the molecule is C=C1CCC(=O)N1OC(=O)CCCC(=O)C(CCCCNC(C)=O)N(C)C.C=C1CCC(=O)N1OC(=O)CCNC(=O)CCC(=O)C(CCCCNC(C)=O)N(C)C.CC(=O)CCCC(=O)C(CCCCNC(C)=O)N(C)C.CC(=O)CCNC(=O)CCC(=O)C(CCCCNC(C)=O)N(C)C. The van der Waals surface area contributed by atoms with E-state index >= 15 is 0 Å². The Morgan fingerprint density at radius 3 is 0.873 bits per heavy atom. The third-order valence-corrected chi connectivity index (χ3v) is 16.2. The van der Waals surface area contributed by atoms with Crippen LogP contribution in [0.5, 0.6) is 0 Å². The van der Waals surface area contributed by atoms with Crippen molar-refractivity contribution in [3.8, 4) is 0 Å². The number of likely N-dealkylation sites (N-methyl/N-ethyl adjacent to an activating group) is 4. The zero-order valence-electron chi connectivity index (χ0n) is 63.8. The lowest BCUT2D eigenvalue weighted by Gasteiger charge is -2.23. The van der Waals surface area contributed by atoms with Crippen molar-refractivity contribution in [3.05, 3.63) is 24.6 Å². The predicted octanol–water partition coefficient (Wildman–Crippen LogP) is 4.45. The molecule has 30 heteroatoms. The van der Waals surface area contributed by atoms with Crippen molar-refractivity contribution in [2.45, 2.75) is 245 Å². The Bertz CT molecular complexity index is 2700. The summed E-state index contributed by atoms with van der Waals surface area (Å²) >= 11 is 0. The van der Waals surface area contributed by atoms with Gasteiger partial charge in [-0.3, -0.25) is 81.9 Å². The molecule has 8 amide bonds. The van der Waals surface area contributed by atoms with Crippen molar-refractivity contribution in [2.24, 2.45) is 0 Å². The van der Waals surface area contributed by atoms with Crippen molar-refractivity contribution in [1.29, 1.82) is 0 Å². The number of allylic oxidation sites excluding steroid dienone is 2. The Kier molecular flexibility index (Phi) is 53.3. The summed E-state index contributed by atoms with van der Waals surface area (Å²) in [7, 11) is 14.9. The summed E-state index contributed by atoms with van der Waals surface area (Å²) in [5.74, 6) is -2.02. The summed E-state index contributed by atoms with van der Waals surface area (Å²) in [4.78, 5) is 202. The van der Waals surface area contributed by atoms with E-state index in [9.17, 15) is 76.7 Å². The lowest BCUT2D eigenvalue weighted by atomic mass is 9.99. The zero-order chi connectivity index (χ0) is 77.9. The lowest BCUT2D eigenvalue weighted by Crippen LogP contribution is -2.37. The first-order chi connectivity index (χ1) is 47.9. The number of rotatable bonds is 50. The van der Waals surface area contributed by atoms with Crippen LogP contribution in [0.25, 0.3) is 0 Å². The average Bonchev–Trinajstić information content (AvgIpc) is 1.73. The van der Waals surface area contributed by atoms with E-state index in [1.165, 1.54) is 34.6 Å².